The molecule has 0 bridgehead atoms. The van der Waals surface area contributed by atoms with Gasteiger partial charge in [-0.05, 0) is 36.8 Å². The van der Waals surface area contributed by atoms with Gasteiger partial charge in [0.2, 0.25) is 0 Å². The molecule has 0 aromatic heterocycles. The monoisotopic (exact) mass is 294 g/mol. The molecule has 1 aliphatic carbocycles. The predicted molar refractivity (Wildman–Crippen MR) is 88.5 cm³/mol. The molecule has 1 saturated carbocycles. The summed E-state index contributed by atoms with van der Waals surface area (Å²) < 4.78 is 0. The zero-order valence-corrected chi connectivity index (χ0v) is 12.9. The Bertz CT molecular complexity index is 618. The first-order chi connectivity index (χ1) is 10.7. The first-order valence-corrected chi connectivity index (χ1v) is 7.87. The van der Waals surface area contributed by atoms with Crippen molar-refractivity contribution in [3.05, 3.63) is 71.3 Å². The molecule has 3 nitrogen and oxygen atoms in total. The molecule has 2 aromatic rings. The van der Waals surface area contributed by atoms with Crippen molar-refractivity contribution in [2.24, 2.45) is 5.92 Å². The molecule has 0 aliphatic heterocycles. The van der Waals surface area contributed by atoms with E-state index in [-0.39, 0.29) is 12.1 Å². The zero-order valence-electron chi connectivity index (χ0n) is 12.9. The molecule has 1 atom stereocenters. The molecule has 3 rings (SSSR count). The molecule has 1 fully saturated rings. The highest BCUT2D eigenvalue weighted by atomic mass is 16.2. The standard InChI is InChI=1S/C19H22N2O/c1-14-7-9-15(10-8-14)13-20-19(22)21-18(17-11-12-17)16-5-3-2-4-6-16/h2-10,17-18H,11-13H2,1H3,(H2,20,21,22). The van der Waals surface area contributed by atoms with Gasteiger partial charge in [0.05, 0.1) is 6.04 Å². The largest absolute Gasteiger partial charge is 0.334 e. The van der Waals surface area contributed by atoms with Crippen molar-refractivity contribution in [2.45, 2.75) is 32.4 Å². The topological polar surface area (TPSA) is 41.1 Å². The van der Waals surface area contributed by atoms with Gasteiger partial charge < -0.3 is 10.6 Å². The number of urea groups is 1. The molecule has 2 amide bonds. The Labute approximate surface area is 131 Å². The number of amides is 2. The third-order valence-electron chi connectivity index (χ3n) is 4.11. The molecule has 114 valence electrons. The number of hydrogen-bond acceptors (Lipinski definition) is 1. The van der Waals surface area contributed by atoms with Crippen molar-refractivity contribution < 1.29 is 4.79 Å². The lowest BCUT2D eigenvalue weighted by molar-refractivity contribution is 0.235. The maximum Gasteiger partial charge on any atom is 0.315 e. The molecule has 2 aromatic carbocycles. The molecule has 1 unspecified atom stereocenters. The summed E-state index contributed by atoms with van der Waals surface area (Å²) in [6, 6.07) is 18.5. The Morgan fingerprint density at radius 2 is 1.77 bits per heavy atom. The van der Waals surface area contributed by atoms with Gasteiger partial charge >= 0.3 is 6.03 Å². The summed E-state index contributed by atoms with van der Waals surface area (Å²) in [5, 5.41) is 6.08. The second-order valence-electron chi connectivity index (χ2n) is 6.04. The quantitative estimate of drug-likeness (QED) is 0.861. The summed E-state index contributed by atoms with van der Waals surface area (Å²) >= 11 is 0. The molecular weight excluding hydrogens is 272 g/mol. The minimum Gasteiger partial charge on any atom is -0.334 e. The summed E-state index contributed by atoms with van der Waals surface area (Å²) in [7, 11) is 0. The van der Waals surface area contributed by atoms with Gasteiger partial charge in [-0.1, -0.05) is 60.2 Å². The van der Waals surface area contributed by atoms with Gasteiger partial charge in [-0.2, -0.15) is 0 Å². The minimum absolute atomic E-state index is 0.0960. The SMILES string of the molecule is Cc1ccc(CNC(=O)NC(c2ccccc2)C2CC2)cc1. The van der Waals surface area contributed by atoms with Gasteiger partial charge in [-0.15, -0.1) is 0 Å². The van der Waals surface area contributed by atoms with Crippen LogP contribution in [0.4, 0.5) is 4.79 Å². The number of benzene rings is 2. The Hall–Kier alpha value is -2.29. The van der Waals surface area contributed by atoms with E-state index in [1.807, 2.05) is 30.3 Å². The van der Waals surface area contributed by atoms with Crippen LogP contribution in [0.2, 0.25) is 0 Å². The lowest BCUT2D eigenvalue weighted by Gasteiger charge is -2.19. The van der Waals surface area contributed by atoms with Crippen LogP contribution in [0.3, 0.4) is 0 Å². The molecular formula is C19H22N2O. The van der Waals surface area contributed by atoms with Crippen LogP contribution in [0.1, 0.15) is 35.6 Å². The van der Waals surface area contributed by atoms with E-state index in [2.05, 4.69) is 41.8 Å². The van der Waals surface area contributed by atoms with Crippen LogP contribution in [0.25, 0.3) is 0 Å². The van der Waals surface area contributed by atoms with E-state index in [4.69, 9.17) is 0 Å². The second kappa shape index (κ2) is 6.65. The fraction of sp³-hybridized carbons (Fsp3) is 0.316. The maximum absolute atomic E-state index is 12.2. The Morgan fingerprint density at radius 1 is 1.09 bits per heavy atom. The van der Waals surface area contributed by atoms with Gasteiger partial charge in [-0.3, -0.25) is 0 Å². The van der Waals surface area contributed by atoms with E-state index in [9.17, 15) is 4.79 Å². The number of aryl methyl sites for hydroxylation is 1. The Kier molecular flexibility index (Phi) is 4.42. The highest BCUT2D eigenvalue weighted by Gasteiger charge is 2.33. The molecule has 0 heterocycles. The predicted octanol–water partition coefficient (Wildman–Crippen LogP) is 3.95. The third kappa shape index (κ3) is 3.88. The van der Waals surface area contributed by atoms with Gasteiger partial charge in [0.1, 0.15) is 0 Å². The lowest BCUT2D eigenvalue weighted by atomic mass is 10.0. The number of carbonyl (C=O) groups excluding carboxylic acids is 1. The van der Waals surface area contributed by atoms with Crippen LogP contribution < -0.4 is 10.6 Å². The van der Waals surface area contributed by atoms with Crippen molar-refractivity contribution in [1.29, 1.82) is 0 Å². The Balaban J connectivity index is 1.56. The lowest BCUT2D eigenvalue weighted by Crippen LogP contribution is -2.38. The number of hydrogen-bond donors (Lipinski definition) is 2. The van der Waals surface area contributed by atoms with Crippen LogP contribution >= 0.6 is 0 Å². The van der Waals surface area contributed by atoms with E-state index >= 15 is 0 Å². The number of rotatable bonds is 5. The highest BCUT2D eigenvalue weighted by molar-refractivity contribution is 5.74. The van der Waals surface area contributed by atoms with Crippen LogP contribution in [-0.4, -0.2) is 6.03 Å². The normalized spacial score (nSPS) is 15.1. The van der Waals surface area contributed by atoms with Gasteiger partial charge in [0, 0.05) is 6.54 Å². The summed E-state index contributed by atoms with van der Waals surface area (Å²) in [6.45, 7) is 2.61. The smallest absolute Gasteiger partial charge is 0.315 e. The van der Waals surface area contributed by atoms with Crippen molar-refractivity contribution >= 4 is 6.03 Å². The average molecular weight is 294 g/mol. The fourth-order valence-corrected chi connectivity index (χ4v) is 2.64. The zero-order chi connectivity index (χ0) is 15.4. The van der Waals surface area contributed by atoms with E-state index in [0.717, 1.165) is 5.56 Å². The summed E-state index contributed by atoms with van der Waals surface area (Å²) in [4.78, 5) is 12.2. The maximum atomic E-state index is 12.2. The molecule has 0 radical (unpaired) electrons. The van der Waals surface area contributed by atoms with E-state index in [1.165, 1.54) is 24.0 Å². The van der Waals surface area contributed by atoms with Crippen LogP contribution in [0.15, 0.2) is 54.6 Å². The summed E-state index contributed by atoms with van der Waals surface area (Å²) in [6.07, 6.45) is 2.38. The first kappa shape index (κ1) is 14.6. The van der Waals surface area contributed by atoms with Crippen LogP contribution in [0, 0.1) is 12.8 Å². The van der Waals surface area contributed by atoms with E-state index in [0.29, 0.717) is 12.5 Å². The van der Waals surface area contributed by atoms with Crippen molar-refractivity contribution in [3.63, 3.8) is 0 Å². The molecule has 0 saturated heterocycles. The van der Waals surface area contributed by atoms with Crippen molar-refractivity contribution in [3.8, 4) is 0 Å². The number of nitrogens with one attached hydrogen (secondary N) is 2. The van der Waals surface area contributed by atoms with Crippen molar-refractivity contribution in [1.82, 2.24) is 10.6 Å². The second-order valence-corrected chi connectivity index (χ2v) is 6.04. The van der Waals surface area contributed by atoms with Crippen LogP contribution in [0.5, 0.6) is 0 Å². The van der Waals surface area contributed by atoms with Gasteiger partial charge in [0.25, 0.3) is 0 Å². The number of carbonyl (C=O) groups is 1. The third-order valence-corrected chi connectivity index (χ3v) is 4.11. The van der Waals surface area contributed by atoms with Gasteiger partial charge in [-0.25, -0.2) is 4.79 Å². The highest BCUT2D eigenvalue weighted by Crippen LogP contribution is 2.40. The molecule has 2 N–H and O–H groups in total. The molecule has 0 spiro atoms. The van der Waals surface area contributed by atoms with Crippen molar-refractivity contribution in [2.75, 3.05) is 0 Å². The van der Waals surface area contributed by atoms with Gasteiger partial charge in [0.15, 0.2) is 0 Å². The molecule has 1 aliphatic rings. The summed E-state index contributed by atoms with van der Waals surface area (Å²) in [5.74, 6) is 0.576. The van der Waals surface area contributed by atoms with E-state index in [1.54, 1.807) is 0 Å². The molecule has 22 heavy (non-hydrogen) atoms. The van der Waals surface area contributed by atoms with Crippen LogP contribution in [-0.2, 0) is 6.54 Å². The molecule has 3 heteroatoms. The fourth-order valence-electron chi connectivity index (χ4n) is 2.64. The first-order valence-electron chi connectivity index (χ1n) is 7.87. The summed E-state index contributed by atoms with van der Waals surface area (Å²) in [5.41, 5.74) is 3.53. The van der Waals surface area contributed by atoms with E-state index < -0.39 is 0 Å². The minimum atomic E-state index is -0.0960. The Morgan fingerprint density at radius 3 is 2.41 bits per heavy atom. The average Bonchev–Trinajstić information content (AvgIpc) is 3.38.